The first kappa shape index (κ1) is 39.4. The molecule has 2 aliphatic rings. The molecule has 0 spiro atoms. The summed E-state index contributed by atoms with van der Waals surface area (Å²) in [5, 5.41) is 10.3. The van der Waals surface area contributed by atoms with E-state index in [-0.39, 0.29) is 6.71 Å². The van der Waals surface area contributed by atoms with E-state index in [1.165, 1.54) is 16.4 Å². The Morgan fingerprint density at radius 3 is 1.21 bits per heavy atom. The second-order valence-corrected chi connectivity index (χ2v) is 17.1. The third kappa shape index (κ3) is 6.78. The van der Waals surface area contributed by atoms with Gasteiger partial charge < -0.3 is 9.80 Å². The average Bonchev–Trinajstić information content (AvgIpc) is 3.41. The van der Waals surface area contributed by atoms with Crippen LogP contribution in [0.25, 0.3) is 60.5 Å². The molecule has 5 heteroatoms. The van der Waals surface area contributed by atoms with Crippen LogP contribution in [0.2, 0.25) is 0 Å². The third-order valence-electron chi connectivity index (χ3n) is 13.3. The first-order valence-corrected chi connectivity index (χ1v) is 22.5. The summed E-state index contributed by atoms with van der Waals surface area (Å²) >= 11 is 0. The number of benzene rings is 10. The Kier molecular flexibility index (Phi) is 9.68. The van der Waals surface area contributed by atoms with Gasteiger partial charge >= 0.3 is 0 Å². The molecule has 310 valence electrons. The minimum absolute atomic E-state index is 0.180. The molecule has 2 aliphatic heterocycles. The summed E-state index contributed by atoms with van der Waals surface area (Å²) in [5.41, 5.74) is 21.7. The molecule has 0 fully saturated rings. The van der Waals surface area contributed by atoms with Crippen molar-refractivity contribution in [2.24, 2.45) is 0 Å². The minimum Gasteiger partial charge on any atom is -0.311 e. The highest BCUT2D eigenvalue weighted by molar-refractivity contribution is 7.00. The molecule has 0 atom stereocenters. The van der Waals surface area contributed by atoms with Crippen LogP contribution in [-0.4, -0.2) is 6.71 Å². The van der Waals surface area contributed by atoms with Crippen molar-refractivity contribution in [3.8, 4) is 61.7 Å². The second-order valence-electron chi connectivity index (χ2n) is 17.1. The Hall–Kier alpha value is -9.16. The van der Waals surface area contributed by atoms with Gasteiger partial charge in [0.05, 0.1) is 29.6 Å². The number of rotatable bonds is 7. The Morgan fingerprint density at radius 1 is 0.358 bits per heavy atom. The van der Waals surface area contributed by atoms with E-state index in [1.54, 1.807) is 0 Å². The lowest BCUT2D eigenvalue weighted by atomic mass is 9.33. The van der Waals surface area contributed by atoms with E-state index >= 15 is 0 Å². The van der Waals surface area contributed by atoms with E-state index in [0.717, 1.165) is 89.8 Å². The lowest BCUT2D eigenvalue weighted by Gasteiger charge is -2.45. The fraction of sp³-hybridized carbons (Fsp3) is 0. The van der Waals surface area contributed by atoms with Crippen molar-refractivity contribution in [2.45, 2.75) is 0 Å². The van der Waals surface area contributed by atoms with Gasteiger partial charge in [-0.25, -0.2) is 4.85 Å². The molecule has 2 heterocycles. The number of hydrogen-bond donors (Lipinski definition) is 0. The zero-order valence-electron chi connectivity index (χ0n) is 36.4. The van der Waals surface area contributed by atoms with Gasteiger partial charge in [-0.1, -0.05) is 182 Å². The molecule has 12 rings (SSSR count). The molecule has 0 saturated carbocycles. The van der Waals surface area contributed by atoms with Crippen molar-refractivity contribution in [1.82, 2.24) is 0 Å². The van der Waals surface area contributed by atoms with Crippen molar-refractivity contribution in [1.29, 1.82) is 5.26 Å². The fourth-order valence-electron chi connectivity index (χ4n) is 10.2. The number of nitriles is 1. The van der Waals surface area contributed by atoms with Crippen molar-refractivity contribution >= 4 is 62.9 Å². The van der Waals surface area contributed by atoms with E-state index in [0.29, 0.717) is 11.3 Å². The molecule has 0 saturated heterocycles. The van der Waals surface area contributed by atoms with Gasteiger partial charge in [-0.05, 0) is 121 Å². The smallest absolute Gasteiger partial charge is 0.252 e. The van der Waals surface area contributed by atoms with E-state index in [2.05, 4.69) is 221 Å². The number of anilines is 6. The zero-order chi connectivity index (χ0) is 44.8. The van der Waals surface area contributed by atoms with Crippen LogP contribution in [0, 0.1) is 17.9 Å². The molecule has 10 aromatic carbocycles. The SMILES string of the molecule is [C-]#[N+]c1ccc(N2c3ccc(-c4ccccc4)cc3B3c4cc(-c5ccccc5)ccc4N(c4ccc(C#N)cc4-c4ccccc4)c4cc(-c5ccccc5)cc2c43)c(-c2ccccc2)c1. The Morgan fingerprint density at radius 2 is 0.761 bits per heavy atom. The minimum atomic E-state index is -0.180. The van der Waals surface area contributed by atoms with Crippen LogP contribution >= 0.6 is 0 Å². The molecule has 10 aromatic rings. The van der Waals surface area contributed by atoms with Gasteiger partial charge in [0.15, 0.2) is 5.69 Å². The van der Waals surface area contributed by atoms with Gasteiger partial charge in [0.2, 0.25) is 0 Å². The van der Waals surface area contributed by atoms with Crippen LogP contribution in [0.5, 0.6) is 0 Å². The van der Waals surface area contributed by atoms with Crippen LogP contribution in [0.3, 0.4) is 0 Å². The van der Waals surface area contributed by atoms with Crippen LogP contribution in [0.1, 0.15) is 5.56 Å². The maximum atomic E-state index is 10.3. The summed E-state index contributed by atoms with van der Waals surface area (Å²) in [6.45, 7) is 7.93. The highest BCUT2D eigenvalue weighted by atomic mass is 15.2. The summed E-state index contributed by atoms with van der Waals surface area (Å²) in [6.07, 6.45) is 0. The topological polar surface area (TPSA) is 34.6 Å². The summed E-state index contributed by atoms with van der Waals surface area (Å²) < 4.78 is 0. The molecule has 4 nitrogen and oxygen atoms in total. The van der Waals surface area contributed by atoms with Gasteiger partial charge in [0.1, 0.15) is 0 Å². The number of nitrogens with zero attached hydrogens (tertiary/aromatic N) is 4. The van der Waals surface area contributed by atoms with Gasteiger partial charge in [0.25, 0.3) is 6.71 Å². The molecule has 0 N–H and O–H groups in total. The van der Waals surface area contributed by atoms with Gasteiger partial charge in [-0.2, -0.15) is 5.26 Å². The predicted molar refractivity (Wildman–Crippen MR) is 279 cm³/mol. The van der Waals surface area contributed by atoms with E-state index in [1.807, 2.05) is 36.4 Å². The van der Waals surface area contributed by atoms with Gasteiger partial charge in [-0.3, -0.25) is 0 Å². The summed E-state index contributed by atoms with van der Waals surface area (Å²) in [6, 6.07) is 86.0. The quantitative estimate of drug-likeness (QED) is 0.118. The van der Waals surface area contributed by atoms with Crippen LogP contribution < -0.4 is 26.2 Å². The monoisotopic (exact) mass is 850 g/mol. The molecule has 0 amide bonds. The number of fused-ring (bicyclic) bond motifs is 4. The molecule has 67 heavy (non-hydrogen) atoms. The Balaban J connectivity index is 1.24. The normalized spacial score (nSPS) is 12.1. The molecule has 0 radical (unpaired) electrons. The molecular formula is C62H39BN4. The maximum Gasteiger partial charge on any atom is 0.252 e. The lowest BCUT2D eigenvalue weighted by molar-refractivity contribution is 1.25. The van der Waals surface area contributed by atoms with E-state index < -0.39 is 0 Å². The fourth-order valence-corrected chi connectivity index (χ4v) is 10.2. The van der Waals surface area contributed by atoms with Crippen molar-refractivity contribution < 1.29 is 0 Å². The second kappa shape index (κ2) is 16.4. The van der Waals surface area contributed by atoms with Gasteiger partial charge in [-0.15, -0.1) is 0 Å². The van der Waals surface area contributed by atoms with Crippen molar-refractivity contribution in [3.05, 3.63) is 254 Å². The average molecular weight is 851 g/mol. The Labute approximate surface area is 391 Å². The summed E-state index contributed by atoms with van der Waals surface area (Å²) in [4.78, 5) is 8.82. The third-order valence-corrected chi connectivity index (χ3v) is 13.3. The summed E-state index contributed by atoms with van der Waals surface area (Å²) in [5.74, 6) is 0. The highest BCUT2D eigenvalue weighted by Crippen LogP contribution is 2.50. The summed E-state index contributed by atoms with van der Waals surface area (Å²) in [7, 11) is 0. The Bertz CT molecular complexity index is 3380. The first-order valence-electron chi connectivity index (χ1n) is 22.5. The molecule has 0 bridgehead atoms. The highest BCUT2D eigenvalue weighted by Gasteiger charge is 2.44. The standard InChI is InChI=1S/C62H39BN4/c1-65-51-30-34-57(53(40-51)47-25-15-6-16-26-47)67-59-33-29-49(44-19-9-3-10-20-44)37-55(59)63-54-36-48(43-17-7-2-8-18-43)28-32-58(54)66(56-31-27-42(41-64)35-52(56)46-23-13-5-14-24-46)60-38-50(39-61(67)62(60)63)45-21-11-4-12-22-45/h2-40H. The lowest BCUT2D eigenvalue weighted by Crippen LogP contribution is -2.61. The molecular weight excluding hydrogens is 812 g/mol. The molecule has 0 aromatic heterocycles. The first-order chi connectivity index (χ1) is 33.1. The van der Waals surface area contributed by atoms with Crippen LogP contribution in [0.15, 0.2) is 237 Å². The zero-order valence-corrected chi connectivity index (χ0v) is 36.4. The van der Waals surface area contributed by atoms with E-state index in [4.69, 9.17) is 6.57 Å². The van der Waals surface area contributed by atoms with Crippen molar-refractivity contribution in [2.75, 3.05) is 9.80 Å². The molecule has 0 unspecified atom stereocenters. The largest absolute Gasteiger partial charge is 0.311 e. The maximum absolute atomic E-state index is 10.3. The van der Waals surface area contributed by atoms with E-state index in [9.17, 15) is 5.26 Å². The predicted octanol–water partition coefficient (Wildman–Crippen LogP) is 14.5. The number of hydrogen-bond acceptors (Lipinski definition) is 3. The van der Waals surface area contributed by atoms with Gasteiger partial charge in [0, 0.05) is 28.3 Å². The van der Waals surface area contributed by atoms with Crippen LogP contribution in [-0.2, 0) is 0 Å². The van der Waals surface area contributed by atoms with Crippen molar-refractivity contribution in [3.63, 3.8) is 0 Å². The van der Waals surface area contributed by atoms with Crippen LogP contribution in [0.4, 0.5) is 39.8 Å². The molecule has 0 aliphatic carbocycles.